The second-order valence-electron chi connectivity index (χ2n) is 4.51. The second kappa shape index (κ2) is 9.27. The molecule has 0 aliphatic rings. The molecule has 1 aromatic heterocycles. The molecule has 0 fully saturated rings. The fraction of sp³-hybridized carbons (Fsp3) is 0.267. The maximum atomic E-state index is 12.0. The van der Waals surface area contributed by atoms with Crippen LogP contribution in [0.25, 0.3) is 0 Å². The SMILES string of the molecule is CCOC(=O)Cc1csc(NC(=O)CSc2c(Cl)cccc2Cl)n1. The fourth-order valence-electron chi connectivity index (χ4n) is 1.72. The van der Waals surface area contributed by atoms with Crippen molar-refractivity contribution in [1.29, 1.82) is 0 Å². The van der Waals surface area contributed by atoms with Gasteiger partial charge in [-0.25, -0.2) is 4.98 Å². The van der Waals surface area contributed by atoms with E-state index in [0.29, 0.717) is 32.4 Å². The summed E-state index contributed by atoms with van der Waals surface area (Å²) in [6.45, 7) is 2.07. The number of thioether (sulfide) groups is 1. The van der Waals surface area contributed by atoms with E-state index in [4.69, 9.17) is 27.9 Å². The summed E-state index contributed by atoms with van der Waals surface area (Å²) in [7, 11) is 0. The molecule has 1 amide bonds. The van der Waals surface area contributed by atoms with Crippen molar-refractivity contribution in [3.05, 3.63) is 39.3 Å². The molecule has 0 aliphatic heterocycles. The summed E-state index contributed by atoms with van der Waals surface area (Å²) >= 11 is 14.6. The number of rotatable bonds is 7. The smallest absolute Gasteiger partial charge is 0.311 e. The Morgan fingerprint density at radius 2 is 2.04 bits per heavy atom. The molecule has 24 heavy (non-hydrogen) atoms. The first-order valence-electron chi connectivity index (χ1n) is 6.96. The van der Waals surface area contributed by atoms with Crippen LogP contribution in [-0.4, -0.2) is 29.2 Å². The third-order valence-electron chi connectivity index (χ3n) is 2.70. The maximum Gasteiger partial charge on any atom is 0.311 e. The molecule has 0 saturated heterocycles. The lowest BCUT2D eigenvalue weighted by atomic mass is 10.3. The van der Waals surface area contributed by atoms with Gasteiger partial charge in [0.1, 0.15) is 0 Å². The normalized spacial score (nSPS) is 10.5. The first-order valence-corrected chi connectivity index (χ1v) is 9.58. The van der Waals surface area contributed by atoms with E-state index in [1.54, 1.807) is 30.5 Å². The van der Waals surface area contributed by atoms with E-state index in [2.05, 4.69) is 10.3 Å². The topological polar surface area (TPSA) is 68.3 Å². The van der Waals surface area contributed by atoms with Crippen LogP contribution in [0.15, 0.2) is 28.5 Å². The Balaban J connectivity index is 1.87. The number of nitrogens with zero attached hydrogens (tertiary/aromatic N) is 1. The summed E-state index contributed by atoms with van der Waals surface area (Å²) < 4.78 is 4.86. The minimum Gasteiger partial charge on any atom is -0.466 e. The molecule has 1 heterocycles. The molecule has 5 nitrogen and oxygen atoms in total. The van der Waals surface area contributed by atoms with E-state index in [1.807, 2.05) is 0 Å². The summed E-state index contributed by atoms with van der Waals surface area (Å²) in [5.41, 5.74) is 0.565. The molecule has 0 spiro atoms. The summed E-state index contributed by atoms with van der Waals surface area (Å²) in [6.07, 6.45) is 0.0875. The average Bonchev–Trinajstić information content (AvgIpc) is 2.93. The van der Waals surface area contributed by atoms with Crippen molar-refractivity contribution >= 4 is 63.3 Å². The largest absolute Gasteiger partial charge is 0.466 e. The van der Waals surface area contributed by atoms with Gasteiger partial charge in [-0.3, -0.25) is 9.59 Å². The third kappa shape index (κ3) is 5.66. The lowest BCUT2D eigenvalue weighted by Gasteiger charge is -2.06. The molecule has 0 unspecified atom stereocenters. The van der Waals surface area contributed by atoms with Gasteiger partial charge < -0.3 is 10.1 Å². The highest BCUT2D eigenvalue weighted by molar-refractivity contribution is 8.00. The molecule has 0 atom stereocenters. The van der Waals surface area contributed by atoms with Crippen LogP contribution in [0.3, 0.4) is 0 Å². The van der Waals surface area contributed by atoms with E-state index in [1.165, 1.54) is 23.1 Å². The number of carbonyl (C=O) groups excluding carboxylic acids is 2. The molecular formula is C15H14Cl2N2O3S2. The molecular weight excluding hydrogens is 391 g/mol. The molecule has 0 saturated carbocycles. The van der Waals surface area contributed by atoms with Crippen LogP contribution in [0.4, 0.5) is 5.13 Å². The van der Waals surface area contributed by atoms with Gasteiger partial charge in [0.25, 0.3) is 0 Å². The number of aromatic nitrogens is 1. The van der Waals surface area contributed by atoms with Gasteiger partial charge >= 0.3 is 5.97 Å². The lowest BCUT2D eigenvalue weighted by Crippen LogP contribution is -2.14. The minimum atomic E-state index is -0.343. The zero-order valence-electron chi connectivity index (χ0n) is 12.7. The van der Waals surface area contributed by atoms with Crippen LogP contribution < -0.4 is 5.32 Å². The Morgan fingerprint density at radius 1 is 1.33 bits per heavy atom. The van der Waals surface area contributed by atoms with Crippen molar-refractivity contribution in [2.75, 3.05) is 17.7 Å². The molecule has 128 valence electrons. The van der Waals surface area contributed by atoms with Crippen molar-refractivity contribution in [2.45, 2.75) is 18.2 Å². The van der Waals surface area contributed by atoms with Crippen LogP contribution >= 0.6 is 46.3 Å². The standard InChI is InChI=1S/C15H14Cl2N2O3S2/c1-2-22-13(21)6-9-7-24-15(18-9)19-12(20)8-23-14-10(16)4-3-5-11(14)17/h3-5,7H,2,6,8H2,1H3,(H,18,19,20). The van der Waals surface area contributed by atoms with Crippen molar-refractivity contribution in [1.82, 2.24) is 4.98 Å². The second-order valence-corrected chi connectivity index (χ2v) is 7.17. The maximum absolute atomic E-state index is 12.0. The highest BCUT2D eigenvalue weighted by Gasteiger charge is 2.12. The quantitative estimate of drug-likeness (QED) is 0.550. The number of anilines is 1. The summed E-state index contributed by atoms with van der Waals surface area (Å²) in [5.74, 6) is -0.423. The minimum absolute atomic E-state index is 0.0875. The molecule has 0 bridgehead atoms. The number of carbonyl (C=O) groups is 2. The van der Waals surface area contributed by atoms with Crippen LogP contribution in [0.1, 0.15) is 12.6 Å². The number of ether oxygens (including phenoxy) is 1. The van der Waals surface area contributed by atoms with Crippen LogP contribution in [0, 0.1) is 0 Å². The molecule has 9 heteroatoms. The fourth-order valence-corrected chi connectivity index (χ4v) is 3.93. The van der Waals surface area contributed by atoms with Gasteiger partial charge in [-0.2, -0.15) is 0 Å². The molecule has 2 aromatic rings. The molecule has 1 N–H and O–H groups in total. The summed E-state index contributed by atoms with van der Waals surface area (Å²) in [5, 5.41) is 5.85. The van der Waals surface area contributed by atoms with Crippen LogP contribution in [0.5, 0.6) is 0 Å². The number of hydrogen-bond donors (Lipinski definition) is 1. The number of esters is 1. The van der Waals surface area contributed by atoms with E-state index < -0.39 is 0 Å². The molecule has 0 radical (unpaired) electrons. The van der Waals surface area contributed by atoms with Gasteiger partial charge in [0, 0.05) is 10.3 Å². The van der Waals surface area contributed by atoms with Crippen LogP contribution in [-0.2, 0) is 20.7 Å². The van der Waals surface area contributed by atoms with E-state index in [0.717, 1.165) is 0 Å². The van der Waals surface area contributed by atoms with Crippen molar-refractivity contribution < 1.29 is 14.3 Å². The van der Waals surface area contributed by atoms with E-state index in [-0.39, 0.29) is 24.1 Å². The number of amides is 1. The first kappa shape index (κ1) is 19.1. The Kier molecular flexibility index (Phi) is 7.36. The Labute approximate surface area is 157 Å². The van der Waals surface area contributed by atoms with Crippen LogP contribution in [0.2, 0.25) is 10.0 Å². The number of thiazole rings is 1. The predicted octanol–water partition coefficient (Wildman–Crippen LogP) is 4.29. The molecule has 2 rings (SSSR count). The van der Waals surface area contributed by atoms with Gasteiger partial charge in [0.2, 0.25) is 5.91 Å². The van der Waals surface area contributed by atoms with Gasteiger partial charge in [0.15, 0.2) is 5.13 Å². The van der Waals surface area contributed by atoms with Crippen molar-refractivity contribution in [3.63, 3.8) is 0 Å². The Bertz CT molecular complexity index is 717. The summed E-state index contributed by atoms with van der Waals surface area (Å²) in [4.78, 5) is 28.2. The van der Waals surface area contributed by atoms with Crippen molar-refractivity contribution in [3.8, 4) is 0 Å². The zero-order chi connectivity index (χ0) is 17.5. The highest BCUT2D eigenvalue weighted by Crippen LogP contribution is 2.33. The lowest BCUT2D eigenvalue weighted by molar-refractivity contribution is -0.142. The third-order valence-corrected chi connectivity index (χ3v) is 5.49. The van der Waals surface area contributed by atoms with E-state index in [9.17, 15) is 9.59 Å². The predicted molar refractivity (Wildman–Crippen MR) is 98.3 cm³/mol. The summed E-state index contributed by atoms with van der Waals surface area (Å²) in [6, 6.07) is 5.18. The first-order chi connectivity index (χ1) is 11.5. The highest BCUT2D eigenvalue weighted by atomic mass is 35.5. The number of nitrogens with one attached hydrogen (secondary N) is 1. The number of hydrogen-bond acceptors (Lipinski definition) is 6. The Hall–Kier alpha value is -1.28. The van der Waals surface area contributed by atoms with Gasteiger partial charge in [-0.15, -0.1) is 23.1 Å². The molecule has 0 aliphatic carbocycles. The average molecular weight is 405 g/mol. The van der Waals surface area contributed by atoms with Gasteiger partial charge in [-0.1, -0.05) is 29.3 Å². The van der Waals surface area contributed by atoms with Crippen molar-refractivity contribution in [2.24, 2.45) is 0 Å². The number of benzene rings is 1. The number of halogens is 2. The monoisotopic (exact) mass is 404 g/mol. The molecule has 1 aromatic carbocycles. The van der Waals surface area contributed by atoms with E-state index >= 15 is 0 Å². The zero-order valence-corrected chi connectivity index (χ0v) is 15.8. The van der Waals surface area contributed by atoms with Gasteiger partial charge in [0.05, 0.1) is 34.5 Å². The Morgan fingerprint density at radius 3 is 2.71 bits per heavy atom. The van der Waals surface area contributed by atoms with Gasteiger partial charge in [-0.05, 0) is 19.1 Å².